The number of hydrogen-bond acceptors (Lipinski definition) is 3. The molecular formula is C12H16O3. The zero-order valence-corrected chi connectivity index (χ0v) is 9.32. The maximum absolute atomic E-state index is 10.4. The Hall–Kier alpha value is -1.51. The maximum Gasteiger partial charge on any atom is 0.161 e. The molecule has 0 amide bonds. The first-order valence-electron chi connectivity index (χ1n) is 4.94. The molecule has 0 N–H and O–H groups in total. The largest absolute Gasteiger partial charge is 0.493 e. The Balaban J connectivity index is 2.92. The van der Waals surface area contributed by atoms with Crippen LogP contribution in [0.4, 0.5) is 0 Å². The highest BCUT2D eigenvalue weighted by Crippen LogP contribution is 2.28. The van der Waals surface area contributed by atoms with E-state index < -0.39 is 0 Å². The fraction of sp³-hybridized carbons (Fsp3) is 0.417. The number of methoxy groups -OCH3 is 1. The van der Waals surface area contributed by atoms with Crippen LogP contribution in [0.2, 0.25) is 0 Å². The van der Waals surface area contributed by atoms with Gasteiger partial charge in [-0.25, -0.2) is 0 Å². The Morgan fingerprint density at radius 3 is 2.60 bits per heavy atom. The van der Waals surface area contributed by atoms with E-state index >= 15 is 0 Å². The summed E-state index contributed by atoms with van der Waals surface area (Å²) in [6.45, 7) is 3.91. The summed E-state index contributed by atoms with van der Waals surface area (Å²) < 4.78 is 10.7. The van der Waals surface area contributed by atoms with E-state index in [0.29, 0.717) is 17.9 Å². The summed E-state index contributed by atoms with van der Waals surface area (Å²) in [6.07, 6.45) is 1.38. The van der Waals surface area contributed by atoms with Gasteiger partial charge in [0.05, 0.1) is 13.2 Å². The summed E-state index contributed by atoms with van der Waals surface area (Å²) in [5, 5.41) is 0. The predicted octanol–water partition coefficient (Wildman–Crippen LogP) is 2.22. The molecule has 1 rings (SSSR count). The quantitative estimate of drug-likeness (QED) is 0.696. The third-order valence-corrected chi connectivity index (χ3v) is 1.91. The molecule has 3 heteroatoms. The Morgan fingerprint density at radius 1 is 1.33 bits per heavy atom. The van der Waals surface area contributed by atoms with Crippen LogP contribution >= 0.6 is 0 Å². The third-order valence-electron chi connectivity index (χ3n) is 1.91. The Morgan fingerprint density at radius 2 is 2.07 bits per heavy atom. The first-order valence-corrected chi connectivity index (χ1v) is 4.94. The number of benzene rings is 1. The lowest BCUT2D eigenvalue weighted by Gasteiger charge is -2.13. The number of carbonyl (C=O) groups is 1. The molecule has 0 aliphatic rings. The van der Waals surface area contributed by atoms with Crippen molar-refractivity contribution < 1.29 is 14.3 Å². The van der Waals surface area contributed by atoms with Crippen LogP contribution in [0.25, 0.3) is 0 Å². The molecule has 0 saturated carbocycles. The van der Waals surface area contributed by atoms with Crippen LogP contribution in [0.3, 0.4) is 0 Å². The number of aldehydes is 1. The van der Waals surface area contributed by atoms with Crippen LogP contribution in [0.15, 0.2) is 18.2 Å². The van der Waals surface area contributed by atoms with Gasteiger partial charge < -0.3 is 14.3 Å². The summed E-state index contributed by atoms with van der Waals surface area (Å²) in [7, 11) is 1.59. The van der Waals surface area contributed by atoms with Crippen molar-refractivity contribution in [3.63, 3.8) is 0 Å². The van der Waals surface area contributed by atoms with Crippen molar-refractivity contribution in [1.29, 1.82) is 0 Å². The molecule has 0 fully saturated rings. The van der Waals surface area contributed by atoms with Gasteiger partial charge >= 0.3 is 0 Å². The molecule has 0 aliphatic carbocycles. The summed E-state index contributed by atoms with van der Waals surface area (Å²) >= 11 is 0. The SMILES string of the molecule is COc1cc(CC=O)ccc1OC(C)C. The van der Waals surface area contributed by atoms with Crippen molar-refractivity contribution in [2.24, 2.45) is 0 Å². The van der Waals surface area contributed by atoms with Crippen LogP contribution < -0.4 is 9.47 Å². The fourth-order valence-electron chi connectivity index (χ4n) is 1.29. The second-order valence-electron chi connectivity index (χ2n) is 3.52. The van der Waals surface area contributed by atoms with Gasteiger partial charge in [0, 0.05) is 6.42 Å². The lowest BCUT2D eigenvalue weighted by atomic mass is 10.1. The fourth-order valence-corrected chi connectivity index (χ4v) is 1.29. The van der Waals surface area contributed by atoms with E-state index in [0.717, 1.165) is 11.8 Å². The molecule has 1 aromatic rings. The topological polar surface area (TPSA) is 35.5 Å². The molecule has 0 atom stereocenters. The minimum absolute atomic E-state index is 0.107. The van der Waals surface area contributed by atoms with Gasteiger partial charge in [-0.3, -0.25) is 0 Å². The second-order valence-corrected chi connectivity index (χ2v) is 3.52. The van der Waals surface area contributed by atoms with Crippen LogP contribution in [0.1, 0.15) is 19.4 Å². The van der Waals surface area contributed by atoms with E-state index in [2.05, 4.69) is 0 Å². The minimum Gasteiger partial charge on any atom is -0.493 e. The molecule has 0 aliphatic heterocycles. The predicted molar refractivity (Wildman–Crippen MR) is 58.5 cm³/mol. The minimum atomic E-state index is 0.107. The zero-order chi connectivity index (χ0) is 11.3. The maximum atomic E-state index is 10.4. The standard InChI is InChI=1S/C12H16O3/c1-9(2)15-11-5-4-10(6-7-13)8-12(11)14-3/h4-5,7-9H,6H2,1-3H3. The molecule has 0 saturated heterocycles. The van der Waals surface area contributed by atoms with Gasteiger partial charge in [-0.1, -0.05) is 6.07 Å². The van der Waals surface area contributed by atoms with E-state index in [4.69, 9.17) is 9.47 Å². The van der Waals surface area contributed by atoms with Crippen LogP contribution in [0, 0.1) is 0 Å². The monoisotopic (exact) mass is 208 g/mol. The van der Waals surface area contributed by atoms with Gasteiger partial charge in [0.15, 0.2) is 11.5 Å². The zero-order valence-electron chi connectivity index (χ0n) is 9.32. The highest BCUT2D eigenvalue weighted by molar-refractivity contribution is 5.56. The average Bonchev–Trinajstić information content (AvgIpc) is 2.20. The molecule has 0 spiro atoms. The van der Waals surface area contributed by atoms with Gasteiger partial charge in [0.2, 0.25) is 0 Å². The Bertz CT molecular complexity index is 332. The first-order chi connectivity index (χ1) is 7.17. The van der Waals surface area contributed by atoms with E-state index in [-0.39, 0.29) is 6.10 Å². The highest BCUT2D eigenvalue weighted by Gasteiger charge is 2.06. The normalized spacial score (nSPS) is 10.1. The Labute approximate surface area is 90.0 Å². The molecule has 0 unspecified atom stereocenters. The van der Waals surface area contributed by atoms with E-state index in [1.165, 1.54) is 0 Å². The van der Waals surface area contributed by atoms with Crippen molar-refractivity contribution in [2.75, 3.05) is 7.11 Å². The molecule has 0 aromatic heterocycles. The van der Waals surface area contributed by atoms with Crippen molar-refractivity contribution in [3.8, 4) is 11.5 Å². The summed E-state index contributed by atoms with van der Waals surface area (Å²) in [5.41, 5.74) is 0.929. The number of rotatable bonds is 5. The Kier molecular flexibility index (Phi) is 4.16. The first kappa shape index (κ1) is 11.6. The second kappa shape index (κ2) is 5.39. The van der Waals surface area contributed by atoms with Gasteiger partial charge in [-0.15, -0.1) is 0 Å². The van der Waals surface area contributed by atoms with Crippen LogP contribution in [-0.2, 0) is 11.2 Å². The molecule has 0 bridgehead atoms. The molecule has 1 aromatic carbocycles. The smallest absolute Gasteiger partial charge is 0.161 e. The summed E-state index contributed by atoms with van der Waals surface area (Å²) in [5.74, 6) is 1.38. The van der Waals surface area contributed by atoms with Gasteiger partial charge in [0.25, 0.3) is 0 Å². The summed E-state index contributed by atoms with van der Waals surface area (Å²) in [6, 6.07) is 5.53. The molecular weight excluding hydrogens is 192 g/mol. The van der Waals surface area contributed by atoms with E-state index in [9.17, 15) is 4.79 Å². The third kappa shape index (κ3) is 3.27. The molecule has 82 valence electrons. The molecule has 3 nitrogen and oxygen atoms in total. The lowest BCUT2D eigenvalue weighted by Crippen LogP contribution is -2.06. The van der Waals surface area contributed by atoms with Crippen molar-refractivity contribution in [1.82, 2.24) is 0 Å². The van der Waals surface area contributed by atoms with Gasteiger partial charge in [-0.2, -0.15) is 0 Å². The van der Waals surface area contributed by atoms with Crippen LogP contribution in [0.5, 0.6) is 11.5 Å². The van der Waals surface area contributed by atoms with Crippen LogP contribution in [-0.4, -0.2) is 19.5 Å². The van der Waals surface area contributed by atoms with Crippen molar-refractivity contribution in [2.45, 2.75) is 26.4 Å². The van der Waals surface area contributed by atoms with E-state index in [1.54, 1.807) is 7.11 Å². The molecule has 0 radical (unpaired) electrons. The average molecular weight is 208 g/mol. The number of ether oxygens (including phenoxy) is 2. The lowest BCUT2D eigenvalue weighted by molar-refractivity contribution is -0.107. The highest BCUT2D eigenvalue weighted by atomic mass is 16.5. The van der Waals surface area contributed by atoms with Gasteiger partial charge in [-0.05, 0) is 31.5 Å². The van der Waals surface area contributed by atoms with E-state index in [1.807, 2.05) is 32.0 Å². The molecule has 15 heavy (non-hydrogen) atoms. The van der Waals surface area contributed by atoms with Crippen molar-refractivity contribution >= 4 is 6.29 Å². The summed E-state index contributed by atoms with van der Waals surface area (Å²) in [4.78, 5) is 10.4. The van der Waals surface area contributed by atoms with Crippen molar-refractivity contribution in [3.05, 3.63) is 23.8 Å². The molecule has 0 heterocycles. The number of carbonyl (C=O) groups excluding carboxylic acids is 1. The number of hydrogen-bond donors (Lipinski definition) is 0. The van der Waals surface area contributed by atoms with Gasteiger partial charge in [0.1, 0.15) is 6.29 Å².